The highest BCUT2D eigenvalue weighted by atomic mass is 31.1. The third-order valence-electron chi connectivity index (χ3n) is 4.74. The molecule has 3 rings (SSSR count). The Labute approximate surface area is 123 Å². The summed E-state index contributed by atoms with van der Waals surface area (Å²) in [5, 5.41) is 3.02. The van der Waals surface area contributed by atoms with E-state index in [9.17, 15) is 4.79 Å². The lowest BCUT2D eigenvalue weighted by Crippen LogP contribution is -2.28. The standard InChI is InChI=1S/C17H24NOP/c19-17(18-14-6-2-1-3-7-14)12-13-20-15-8-4-9-16(20)11-5-10-15/h1-3,6-7,15-16H,4-5,8-13H2,(H,18,19). The molecule has 3 heteroatoms. The molecule has 0 spiro atoms. The van der Waals surface area contributed by atoms with Gasteiger partial charge in [-0.05, 0) is 55.3 Å². The molecule has 2 aliphatic rings. The number of hydrogen-bond donors (Lipinski definition) is 1. The van der Waals surface area contributed by atoms with Crippen LogP contribution in [0.3, 0.4) is 0 Å². The van der Waals surface area contributed by atoms with Gasteiger partial charge in [0, 0.05) is 12.1 Å². The van der Waals surface area contributed by atoms with Crippen molar-refractivity contribution in [1.29, 1.82) is 0 Å². The van der Waals surface area contributed by atoms with E-state index in [-0.39, 0.29) is 13.8 Å². The summed E-state index contributed by atoms with van der Waals surface area (Å²) < 4.78 is 0. The molecule has 20 heavy (non-hydrogen) atoms. The van der Waals surface area contributed by atoms with Crippen molar-refractivity contribution in [3.8, 4) is 0 Å². The third-order valence-corrected chi connectivity index (χ3v) is 8.39. The summed E-state index contributed by atoms with van der Waals surface area (Å²) >= 11 is 0. The molecule has 2 heterocycles. The average Bonchev–Trinajstić information content (AvgIpc) is 2.45. The summed E-state index contributed by atoms with van der Waals surface area (Å²) in [7, 11) is 0.122. The van der Waals surface area contributed by atoms with Gasteiger partial charge >= 0.3 is 0 Å². The van der Waals surface area contributed by atoms with Crippen LogP contribution < -0.4 is 5.32 Å². The summed E-state index contributed by atoms with van der Waals surface area (Å²) in [5.74, 6) is 0.197. The second-order valence-corrected chi connectivity index (χ2v) is 9.01. The molecule has 2 nitrogen and oxygen atoms in total. The Morgan fingerprint density at radius 3 is 2.25 bits per heavy atom. The lowest BCUT2D eigenvalue weighted by molar-refractivity contribution is -0.115. The lowest BCUT2D eigenvalue weighted by Gasteiger charge is -2.43. The van der Waals surface area contributed by atoms with Crippen LogP contribution in [0.4, 0.5) is 5.69 Å². The van der Waals surface area contributed by atoms with E-state index in [0.717, 1.165) is 23.2 Å². The van der Waals surface area contributed by atoms with Crippen molar-refractivity contribution in [2.24, 2.45) is 0 Å². The van der Waals surface area contributed by atoms with Crippen LogP contribution in [0.1, 0.15) is 44.9 Å². The number of hydrogen-bond acceptors (Lipinski definition) is 1. The van der Waals surface area contributed by atoms with E-state index in [2.05, 4.69) is 5.32 Å². The van der Waals surface area contributed by atoms with Crippen molar-refractivity contribution in [3.05, 3.63) is 30.3 Å². The summed E-state index contributed by atoms with van der Waals surface area (Å²) in [5.41, 5.74) is 2.87. The van der Waals surface area contributed by atoms with Gasteiger partial charge in [-0.3, -0.25) is 4.79 Å². The first kappa shape index (κ1) is 14.1. The minimum Gasteiger partial charge on any atom is -0.326 e. The fourth-order valence-corrected chi connectivity index (χ4v) is 7.61. The van der Waals surface area contributed by atoms with Crippen LogP contribution in [0.2, 0.25) is 0 Å². The number of para-hydroxylation sites is 1. The fourth-order valence-electron chi connectivity index (χ4n) is 3.77. The first-order chi connectivity index (χ1) is 9.83. The van der Waals surface area contributed by atoms with Crippen LogP contribution in [0.25, 0.3) is 0 Å². The highest BCUT2D eigenvalue weighted by molar-refractivity contribution is 7.59. The summed E-state index contributed by atoms with van der Waals surface area (Å²) in [6.45, 7) is 0. The zero-order valence-corrected chi connectivity index (χ0v) is 12.9. The highest BCUT2D eigenvalue weighted by Gasteiger charge is 2.35. The smallest absolute Gasteiger partial charge is 0.224 e. The normalized spacial score (nSPS) is 28.9. The lowest BCUT2D eigenvalue weighted by atomic mass is 9.99. The maximum absolute atomic E-state index is 12.1. The maximum atomic E-state index is 12.1. The van der Waals surface area contributed by atoms with Crippen LogP contribution in [-0.4, -0.2) is 23.4 Å². The molecule has 0 unspecified atom stereocenters. The molecule has 0 aromatic heterocycles. The molecular formula is C17H24NOP. The zero-order chi connectivity index (χ0) is 13.8. The Morgan fingerprint density at radius 1 is 1.05 bits per heavy atom. The average molecular weight is 289 g/mol. The number of fused-ring (bicyclic) bond motifs is 2. The summed E-state index contributed by atoms with van der Waals surface area (Å²) in [6, 6.07) is 9.82. The molecule has 0 radical (unpaired) electrons. The number of rotatable bonds is 4. The van der Waals surface area contributed by atoms with Crippen molar-refractivity contribution in [3.63, 3.8) is 0 Å². The van der Waals surface area contributed by atoms with Crippen molar-refractivity contribution in [2.75, 3.05) is 11.5 Å². The van der Waals surface area contributed by atoms with Gasteiger partial charge in [0.15, 0.2) is 0 Å². The number of carbonyl (C=O) groups excluding carboxylic acids is 1. The Bertz CT molecular complexity index is 426. The van der Waals surface area contributed by atoms with Crippen molar-refractivity contribution in [2.45, 2.75) is 56.3 Å². The molecule has 1 aromatic rings. The minimum absolute atomic E-state index is 0.122. The fraction of sp³-hybridized carbons (Fsp3) is 0.588. The molecule has 108 valence electrons. The number of anilines is 1. The van der Waals surface area contributed by atoms with E-state index in [0.29, 0.717) is 6.42 Å². The van der Waals surface area contributed by atoms with Gasteiger partial charge in [0.1, 0.15) is 0 Å². The number of carbonyl (C=O) groups is 1. The van der Waals surface area contributed by atoms with E-state index < -0.39 is 0 Å². The minimum atomic E-state index is 0.122. The van der Waals surface area contributed by atoms with Crippen LogP contribution in [0.15, 0.2) is 30.3 Å². The Morgan fingerprint density at radius 2 is 1.65 bits per heavy atom. The van der Waals surface area contributed by atoms with Crippen LogP contribution in [0, 0.1) is 0 Å². The van der Waals surface area contributed by atoms with Crippen LogP contribution in [0.5, 0.6) is 0 Å². The van der Waals surface area contributed by atoms with Gasteiger partial charge in [-0.25, -0.2) is 0 Å². The SMILES string of the molecule is O=C(CCP1C2CCCC1CCC2)Nc1ccccc1. The Hall–Kier alpha value is -0.880. The van der Waals surface area contributed by atoms with E-state index >= 15 is 0 Å². The number of benzene rings is 1. The van der Waals surface area contributed by atoms with E-state index in [1.807, 2.05) is 30.3 Å². The first-order valence-corrected chi connectivity index (χ1v) is 9.60. The van der Waals surface area contributed by atoms with Gasteiger partial charge in [-0.2, -0.15) is 0 Å². The molecule has 1 amide bonds. The molecular weight excluding hydrogens is 265 g/mol. The highest BCUT2D eigenvalue weighted by Crippen LogP contribution is 2.59. The first-order valence-electron chi connectivity index (χ1n) is 7.93. The van der Waals surface area contributed by atoms with E-state index in [1.54, 1.807) is 0 Å². The molecule has 0 atom stereocenters. The molecule has 2 fully saturated rings. The second kappa shape index (κ2) is 6.72. The predicted molar refractivity (Wildman–Crippen MR) is 86.8 cm³/mol. The van der Waals surface area contributed by atoms with Crippen molar-refractivity contribution in [1.82, 2.24) is 0 Å². The summed E-state index contributed by atoms with van der Waals surface area (Å²) in [6.07, 6.45) is 10.5. The van der Waals surface area contributed by atoms with Crippen LogP contribution >= 0.6 is 7.92 Å². The molecule has 2 bridgehead atoms. The monoisotopic (exact) mass is 289 g/mol. The molecule has 0 aliphatic carbocycles. The van der Waals surface area contributed by atoms with Crippen molar-refractivity contribution >= 4 is 19.5 Å². The Balaban J connectivity index is 1.50. The third kappa shape index (κ3) is 3.41. The van der Waals surface area contributed by atoms with Gasteiger partial charge < -0.3 is 5.32 Å². The van der Waals surface area contributed by atoms with Crippen molar-refractivity contribution < 1.29 is 4.79 Å². The molecule has 2 saturated heterocycles. The largest absolute Gasteiger partial charge is 0.326 e. The molecule has 2 aliphatic heterocycles. The molecule has 0 saturated carbocycles. The number of nitrogens with one attached hydrogen (secondary N) is 1. The zero-order valence-electron chi connectivity index (χ0n) is 12.1. The van der Waals surface area contributed by atoms with Gasteiger partial charge in [0.25, 0.3) is 0 Å². The van der Waals surface area contributed by atoms with E-state index in [1.165, 1.54) is 38.5 Å². The molecule has 1 N–H and O–H groups in total. The quantitative estimate of drug-likeness (QED) is 0.806. The van der Waals surface area contributed by atoms with E-state index in [4.69, 9.17) is 0 Å². The molecule has 1 aromatic carbocycles. The summed E-state index contributed by atoms with van der Waals surface area (Å²) in [4.78, 5) is 12.1. The number of amides is 1. The van der Waals surface area contributed by atoms with Crippen LogP contribution in [-0.2, 0) is 4.79 Å². The maximum Gasteiger partial charge on any atom is 0.224 e. The second-order valence-electron chi connectivity index (χ2n) is 6.07. The Kier molecular flexibility index (Phi) is 4.73. The van der Waals surface area contributed by atoms with Gasteiger partial charge in [-0.1, -0.05) is 39.0 Å². The predicted octanol–water partition coefficient (Wildman–Crippen LogP) is 4.60. The van der Waals surface area contributed by atoms with Gasteiger partial charge in [-0.15, -0.1) is 0 Å². The topological polar surface area (TPSA) is 29.1 Å². The van der Waals surface area contributed by atoms with Gasteiger partial charge in [0.05, 0.1) is 0 Å². The van der Waals surface area contributed by atoms with Gasteiger partial charge in [0.2, 0.25) is 5.91 Å².